The third kappa shape index (κ3) is 4.91. The zero-order valence-corrected chi connectivity index (χ0v) is 18.4. The number of likely N-dealkylation sites (tertiary alicyclic amines) is 1. The van der Waals surface area contributed by atoms with Crippen molar-refractivity contribution >= 4 is 10.0 Å². The topological polar surface area (TPSA) is 67.9 Å². The van der Waals surface area contributed by atoms with Crippen LogP contribution in [0.1, 0.15) is 35.6 Å². The number of methoxy groups -OCH3 is 2. The molecular weight excluding hydrogens is 388 g/mol. The van der Waals surface area contributed by atoms with Crippen molar-refractivity contribution in [2.45, 2.75) is 37.6 Å². The monoisotopic (exact) mass is 418 g/mol. The maximum absolute atomic E-state index is 13.0. The molecule has 0 aliphatic carbocycles. The van der Waals surface area contributed by atoms with Gasteiger partial charge >= 0.3 is 0 Å². The minimum atomic E-state index is -3.63. The van der Waals surface area contributed by atoms with Gasteiger partial charge in [0.15, 0.2) is 0 Å². The van der Waals surface area contributed by atoms with Crippen molar-refractivity contribution in [3.63, 3.8) is 0 Å². The van der Waals surface area contributed by atoms with Crippen LogP contribution in [0.15, 0.2) is 41.3 Å². The van der Waals surface area contributed by atoms with Crippen LogP contribution in [0.25, 0.3) is 0 Å². The molecule has 1 aliphatic rings. The largest absolute Gasteiger partial charge is 0.497 e. The summed E-state index contributed by atoms with van der Waals surface area (Å²) in [4.78, 5) is 2.61. The average molecular weight is 419 g/mol. The summed E-state index contributed by atoms with van der Waals surface area (Å²) in [5.41, 5.74) is 2.69. The van der Waals surface area contributed by atoms with Gasteiger partial charge in [-0.1, -0.05) is 12.1 Å². The molecule has 29 heavy (non-hydrogen) atoms. The highest BCUT2D eigenvalue weighted by molar-refractivity contribution is 7.89. The molecule has 6 nitrogen and oxygen atoms in total. The normalized spacial score (nSPS) is 16.0. The molecule has 0 amide bonds. The molecule has 3 rings (SSSR count). The Labute approximate surface area is 173 Å². The van der Waals surface area contributed by atoms with E-state index in [1.165, 1.54) is 0 Å². The fourth-order valence-corrected chi connectivity index (χ4v) is 5.20. The third-order valence-corrected chi connectivity index (χ3v) is 6.90. The second kappa shape index (κ2) is 9.15. The van der Waals surface area contributed by atoms with Gasteiger partial charge in [-0.2, -0.15) is 0 Å². The third-order valence-electron chi connectivity index (χ3n) is 5.50. The molecule has 1 fully saturated rings. The summed E-state index contributed by atoms with van der Waals surface area (Å²) in [5.74, 6) is 1.51. The van der Waals surface area contributed by atoms with Gasteiger partial charge in [-0.25, -0.2) is 13.1 Å². The lowest BCUT2D eigenvalue weighted by Crippen LogP contribution is -2.36. The molecular formula is C22H30N2O4S. The van der Waals surface area contributed by atoms with Crippen LogP contribution in [0.2, 0.25) is 0 Å². The van der Waals surface area contributed by atoms with E-state index in [9.17, 15) is 8.42 Å². The van der Waals surface area contributed by atoms with Crippen LogP contribution in [-0.4, -0.2) is 47.2 Å². The molecule has 1 heterocycles. The Morgan fingerprint density at radius 1 is 1.00 bits per heavy atom. The summed E-state index contributed by atoms with van der Waals surface area (Å²) < 4.78 is 39.4. The molecule has 0 saturated carbocycles. The van der Waals surface area contributed by atoms with Gasteiger partial charge < -0.3 is 9.47 Å². The number of nitrogens with one attached hydrogen (secondary N) is 1. The highest BCUT2D eigenvalue weighted by Crippen LogP contribution is 2.28. The molecule has 0 radical (unpaired) electrons. The summed E-state index contributed by atoms with van der Waals surface area (Å²) in [5, 5.41) is 0. The van der Waals surface area contributed by atoms with E-state index in [0.29, 0.717) is 6.54 Å². The van der Waals surface area contributed by atoms with E-state index < -0.39 is 10.0 Å². The first-order valence-corrected chi connectivity index (χ1v) is 11.4. The summed E-state index contributed by atoms with van der Waals surface area (Å²) in [6, 6.07) is 11.2. The molecule has 1 saturated heterocycles. The van der Waals surface area contributed by atoms with Gasteiger partial charge in [0.05, 0.1) is 19.1 Å². The number of benzene rings is 2. The molecule has 1 atom stereocenters. The fourth-order valence-electron chi connectivity index (χ4n) is 4.00. The number of hydrogen-bond acceptors (Lipinski definition) is 5. The number of hydrogen-bond donors (Lipinski definition) is 1. The van der Waals surface area contributed by atoms with Crippen molar-refractivity contribution in [1.29, 1.82) is 0 Å². The van der Waals surface area contributed by atoms with Gasteiger partial charge in [-0.05, 0) is 80.7 Å². The first kappa shape index (κ1) is 21.6. The number of sulfonamides is 1. The quantitative estimate of drug-likeness (QED) is 0.711. The predicted octanol–water partition coefficient (Wildman–Crippen LogP) is 3.44. The highest BCUT2D eigenvalue weighted by Gasteiger charge is 2.26. The number of aryl methyl sites for hydroxylation is 2. The Hall–Kier alpha value is -2.09. The lowest BCUT2D eigenvalue weighted by atomic mass is 10.1. The molecule has 158 valence electrons. The smallest absolute Gasteiger partial charge is 0.240 e. The van der Waals surface area contributed by atoms with E-state index in [4.69, 9.17) is 9.47 Å². The lowest BCUT2D eigenvalue weighted by Gasteiger charge is -2.28. The van der Waals surface area contributed by atoms with E-state index in [0.717, 1.165) is 54.1 Å². The van der Waals surface area contributed by atoms with Crippen molar-refractivity contribution in [3.8, 4) is 11.5 Å². The molecule has 0 spiro atoms. The minimum absolute atomic E-state index is 0.0152. The van der Waals surface area contributed by atoms with Crippen molar-refractivity contribution in [3.05, 3.63) is 53.1 Å². The molecule has 2 aromatic rings. The zero-order chi connectivity index (χ0) is 21.0. The maximum Gasteiger partial charge on any atom is 0.240 e. The summed E-state index contributed by atoms with van der Waals surface area (Å²) in [7, 11) is -0.399. The van der Waals surface area contributed by atoms with Gasteiger partial charge in [-0.3, -0.25) is 4.90 Å². The number of ether oxygens (including phenoxy) is 2. The first-order chi connectivity index (χ1) is 13.9. The van der Waals surface area contributed by atoms with Crippen LogP contribution in [0, 0.1) is 13.8 Å². The zero-order valence-electron chi connectivity index (χ0n) is 17.6. The fraction of sp³-hybridized carbons (Fsp3) is 0.455. The lowest BCUT2D eigenvalue weighted by molar-refractivity contribution is 0.246. The van der Waals surface area contributed by atoms with Crippen LogP contribution in [0.5, 0.6) is 11.5 Å². The molecule has 0 bridgehead atoms. The summed E-state index contributed by atoms with van der Waals surface area (Å²) in [6.07, 6.45) is 2.27. The second-order valence-corrected chi connectivity index (χ2v) is 9.24. The summed E-state index contributed by atoms with van der Waals surface area (Å²) >= 11 is 0. The van der Waals surface area contributed by atoms with Gasteiger partial charge in [0.2, 0.25) is 10.0 Å². The number of rotatable bonds is 8. The van der Waals surface area contributed by atoms with Gasteiger partial charge in [0, 0.05) is 12.6 Å². The average Bonchev–Trinajstić information content (AvgIpc) is 3.23. The molecule has 0 aromatic heterocycles. The Morgan fingerprint density at radius 2 is 1.59 bits per heavy atom. The van der Waals surface area contributed by atoms with Crippen LogP contribution in [-0.2, 0) is 10.0 Å². The second-order valence-electron chi connectivity index (χ2n) is 7.47. The van der Waals surface area contributed by atoms with Gasteiger partial charge in [0.1, 0.15) is 11.5 Å². The van der Waals surface area contributed by atoms with E-state index in [1.807, 2.05) is 38.1 Å². The standard InChI is InChI=1S/C22H30N2O4S/c1-16-13-20(14-17(2)22(16)28-4)29(25,26)23-15-21(24-11-5-6-12-24)18-7-9-19(27-3)10-8-18/h7-10,13-14,21,23H,5-6,11-12,15H2,1-4H3. The van der Waals surface area contributed by atoms with E-state index >= 15 is 0 Å². The van der Waals surface area contributed by atoms with Crippen LogP contribution >= 0.6 is 0 Å². The van der Waals surface area contributed by atoms with E-state index in [-0.39, 0.29) is 10.9 Å². The predicted molar refractivity (Wildman–Crippen MR) is 114 cm³/mol. The van der Waals surface area contributed by atoms with E-state index in [2.05, 4.69) is 9.62 Å². The Morgan fingerprint density at radius 3 is 2.10 bits per heavy atom. The van der Waals surface area contributed by atoms with Gasteiger partial charge in [-0.15, -0.1) is 0 Å². The summed E-state index contributed by atoms with van der Waals surface area (Å²) in [6.45, 7) is 5.97. The Kier molecular flexibility index (Phi) is 6.82. The molecule has 1 aliphatic heterocycles. The SMILES string of the molecule is COc1ccc(C(CNS(=O)(=O)c2cc(C)c(OC)c(C)c2)N2CCCC2)cc1. The van der Waals surface area contributed by atoms with Crippen molar-refractivity contribution in [1.82, 2.24) is 9.62 Å². The number of nitrogens with zero attached hydrogens (tertiary/aromatic N) is 1. The van der Waals surface area contributed by atoms with Crippen LogP contribution < -0.4 is 14.2 Å². The van der Waals surface area contributed by atoms with Gasteiger partial charge in [0.25, 0.3) is 0 Å². The Bertz CT molecular complexity index is 913. The van der Waals surface area contributed by atoms with Crippen molar-refractivity contribution < 1.29 is 17.9 Å². The molecule has 1 unspecified atom stereocenters. The Balaban J connectivity index is 1.82. The van der Waals surface area contributed by atoms with Crippen molar-refractivity contribution in [2.24, 2.45) is 0 Å². The maximum atomic E-state index is 13.0. The molecule has 2 aromatic carbocycles. The first-order valence-electron chi connectivity index (χ1n) is 9.88. The molecule has 1 N–H and O–H groups in total. The highest BCUT2D eigenvalue weighted by atomic mass is 32.2. The van der Waals surface area contributed by atoms with Crippen molar-refractivity contribution in [2.75, 3.05) is 33.9 Å². The van der Waals surface area contributed by atoms with Crippen LogP contribution in [0.4, 0.5) is 0 Å². The molecule has 7 heteroatoms. The van der Waals surface area contributed by atoms with E-state index in [1.54, 1.807) is 26.4 Å². The van der Waals surface area contributed by atoms with Crippen LogP contribution in [0.3, 0.4) is 0 Å². The minimum Gasteiger partial charge on any atom is -0.497 e.